The van der Waals surface area contributed by atoms with Crippen LogP contribution in [0.25, 0.3) is 0 Å². The summed E-state index contributed by atoms with van der Waals surface area (Å²) in [6, 6.07) is 15.8. The molecule has 66 heavy (non-hydrogen) atoms. The quantitative estimate of drug-likeness (QED) is 0.0496. The molecule has 3 aromatic carbocycles. The second-order valence-electron chi connectivity index (χ2n) is 18.0. The van der Waals surface area contributed by atoms with Gasteiger partial charge in [-0.1, -0.05) is 53.9 Å². The van der Waals surface area contributed by atoms with Gasteiger partial charge in [0.2, 0.25) is 5.91 Å². The first kappa shape index (κ1) is 48.2. The van der Waals surface area contributed by atoms with Gasteiger partial charge in [-0.3, -0.25) is 30.0 Å². The Morgan fingerprint density at radius 2 is 1.79 bits per heavy atom. The molecule has 1 saturated carbocycles. The molecule has 2 fully saturated rings. The van der Waals surface area contributed by atoms with Crippen LogP contribution in [-0.4, -0.2) is 121 Å². The molecule has 4 amide bonds. The van der Waals surface area contributed by atoms with Crippen LogP contribution in [0.15, 0.2) is 71.5 Å². The zero-order chi connectivity index (χ0) is 47.0. The lowest BCUT2D eigenvalue weighted by Crippen LogP contribution is -2.52. The lowest BCUT2D eigenvalue weighted by Gasteiger charge is -2.47. The van der Waals surface area contributed by atoms with Crippen LogP contribution in [0.1, 0.15) is 71.8 Å². The number of non-ortho nitro benzene ring substituents is 1. The number of rotatable bonds is 18. The molecule has 1 saturated heterocycles. The lowest BCUT2D eigenvalue weighted by molar-refractivity contribution is -0.384. The first-order valence-electron chi connectivity index (χ1n) is 22.4. The fraction of sp³-hybridized carbons (Fsp3) is 0.479. The number of carbonyl (C=O) groups is 3. The number of nitro groups is 1. The smallest absolute Gasteiger partial charge is 0.325 e. The Labute approximate surface area is 393 Å². The Kier molecular flexibility index (Phi) is 15.9. The number of fused-ring (bicyclic) bond motifs is 3. The largest absolute Gasteiger partial charge is 0.489 e. The van der Waals surface area contributed by atoms with E-state index >= 15 is 0 Å². The van der Waals surface area contributed by atoms with Gasteiger partial charge in [-0.15, -0.1) is 0 Å². The number of carbonyl (C=O) groups excluding carboxylic acids is 3. The number of hydrogen-bond donors (Lipinski definition) is 3. The first-order valence-corrected chi connectivity index (χ1v) is 23.2. The molecule has 4 aromatic rings. The number of benzene rings is 3. The highest BCUT2D eigenvalue weighted by Gasteiger charge is 2.47. The number of nitrogens with one attached hydrogen (secondary N) is 3. The minimum absolute atomic E-state index is 0.0420. The van der Waals surface area contributed by atoms with Crippen molar-refractivity contribution in [2.45, 2.75) is 71.9 Å². The monoisotopic (exact) mass is 970 g/mol. The van der Waals surface area contributed by atoms with E-state index in [9.17, 15) is 24.5 Å². The van der Waals surface area contributed by atoms with Gasteiger partial charge in [0.25, 0.3) is 11.6 Å². The zero-order valence-corrected chi connectivity index (χ0v) is 39.7. The molecule has 0 spiro atoms. The molecule has 3 unspecified atom stereocenters. The summed E-state index contributed by atoms with van der Waals surface area (Å²) in [4.78, 5) is 63.2. The number of halogens is 1. The molecule has 17 nitrogen and oxygen atoms in total. The van der Waals surface area contributed by atoms with Crippen molar-refractivity contribution in [1.29, 1.82) is 0 Å². The van der Waals surface area contributed by atoms with E-state index in [1.807, 2.05) is 55.1 Å². The highest BCUT2D eigenvalue weighted by atomic mass is 79.9. The van der Waals surface area contributed by atoms with Crippen molar-refractivity contribution in [2.24, 2.45) is 11.3 Å². The molecule has 2 aliphatic heterocycles. The lowest BCUT2D eigenvalue weighted by atomic mass is 9.69. The normalized spacial score (nSPS) is 19.0. The van der Waals surface area contributed by atoms with Crippen molar-refractivity contribution >= 4 is 56.7 Å². The van der Waals surface area contributed by atoms with Crippen molar-refractivity contribution < 1.29 is 38.3 Å². The number of aromatic nitrogens is 2. The fourth-order valence-electron chi connectivity index (χ4n) is 9.12. The van der Waals surface area contributed by atoms with Crippen molar-refractivity contribution in [3.63, 3.8) is 0 Å². The third kappa shape index (κ3) is 12.2. The van der Waals surface area contributed by atoms with Crippen molar-refractivity contribution in [2.75, 3.05) is 81.8 Å². The molecule has 352 valence electrons. The number of nitrogens with zero attached hydrogens (tertiary/aromatic N) is 5. The molecule has 1 aromatic heterocycles. The van der Waals surface area contributed by atoms with Crippen molar-refractivity contribution in [3.05, 3.63) is 110 Å². The summed E-state index contributed by atoms with van der Waals surface area (Å²) < 4.78 is 24.6. The predicted octanol–water partition coefficient (Wildman–Crippen LogP) is 7.90. The summed E-state index contributed by atoms with van der Waals surface area (Å²) in [7, 11) is 0. The molecular formula is C48H59BrN8O9. The molecule has 18 heteroatoms. The molecular weight excluding hydrogens is 912 g/mol. The number of morpholine rings is 1. The van der Waals surface area contributed by atoms with Crippen molar-refractivity contribution in [3.8, 4) is 5.75 Å². The van der Waals surface area contributed by atoms with Crippen LogP contribution in [0.2, 0.25) is 0 Å². The Morgan fingerprint density at radius 3 is 2.55 bits per heavy atom. The number of urea groups is 1. The number of nitro benzene ring substituents is 1. The van der Waals surface area contributed by atoms with Crippen LogP contribution in [-0.2, 0) is 19.0 Å². The van der Waals surface area contributed by atoms with E-state index < -0.39 is 12.1 Å². The number of ether oxygens (including phenoxy) is 4. The molecule has 3 aliphatic rings. The van der Waals surface area contributed by atoms with E-state index in [1.54, 1.807) is 36.2 Å². The average Bonchev–Trinajstić information content (AvgIpc) is 3.80. The summed E-state index contributed by atoms with van der Waals surface area (Å²) in [6.07, 6.45) is 5.65. The standard InChI is InChI=1S/C48H59BrN8O9/c1-30-9-11-33(12-10-30)46(59)56(29-48(4,5)45-37-8-6-7-36(37)38-22-34(57(61)62)13-14-40(38)52-45)15-17-63-19-20-64-28-44(58)55-16-18-65-35(26-55)27-66-42-21-31(2)39(49)23-41(42)53-47(60)54-43-25-50-32(3)24-51-43/h9-14,21-25,35-37,45,52H,6-8,15-20,26-29H2,1-5H3,(H2,51,53,54,60)/t35-,36?,37?,45?/m0/s1. The van der Waals surface area contributed by atoms with Crippen LogP contribution < -0.4 is 20.7 Å². The number of amides is 4. The van der Waals surface area contributed by atoms with Gasteiger partial charge in [-0.05, 0) is 86.9 Å². The third-order valence-corrected chi connectivity index (χ3v) is 13.4. The summed E-state index contributed by atoms with van der Waals surface area (Å²) in [6.45, 7) is 12.6. The van der Waals surface area contributed by atoms with E-state index in [2.05, 4.69) is 55.7 Å². The van der Waals surface area contributed by atoms with Gasteiger partial charge in [-0.2, -0.15) is 0 Å². The summed E-state index contributed by atoms with van der Waals surface area (Å²) in [5.74, 6) is 0.968. The van der Waals surface area contributed by atoms with E-state index in [-0.39, 0.29) is 78.8 Å². The maximum absolute atomic E-state index is 14.1. The molecule has 0 radical (unpaired) electrons. The van der Waals surface area contributed by atoms with Gasteiger partial charge in [0.15, 0.2) is 5.82 Å². The Balaban J connectivity index is 0.877. The van der Waals surface area contributed by atoms with Gasteiger partial charge in [0.05, 0.1) is 61.7 Å². The van der Waals surface area contributed by atoms with Crippen LogP contribution in [0.4, 0.5) is 27.7 Å². The molecule has 3 heterocycles. The zero-order valence-electron chi connectivity index (χ0n) is 38.1. The van der Waals surface area contributed by atoms with Gasteiger partial charge >= 0.3 is 6.03 Å². The van der Waals surface area contributed by atoms with Crippen LogP contribution in [0, 0.1) is 42.2 Å². The van der Waals surface area contributed by atoms with E-state index in [1.165, 1.54) is 6.20 Å². The predicted molar refractivity (Wildman–Crippen MR) is 253 cm³/mol. The summed E-state index contributed by atoms with van der Waals surface area (Å²) in [5, 5.41) is 20.8. The fourth-order valence-corrected chi connectivity index (χ4v) is 9.46. The molecule has 7 rings (SSSR count). The highest BCUT2D eigenvalue weighted by molar-refractivity contribution is 9.10. The van der Waals surface area contributed by atoms with Gasteiger partial charge in [0.1, 0.15) is 25.1 Å². The number of anilines is 3. The number of aryl methyl sites for hydroxylation is 3. The van der Waals surface area contributed by atoms with Gasteiger partial charge < -0.3 is 39.4 Å². The minimum Gasteiger partial charge on any atom is -0.489 e. The van der Waals surface area contributed by atoms with Gasteiger partial charge in [0, 0.05) is 58.9 Å². The van der Waals surface area contributed by atoms with Crippen molar-refractivity contribution in [1.82, 2.24) is 19.8 Å². The van der Waals surface area contributed by atoms with E-state index in [4.69, 9.17) is 18.9 Å². The minimum atomic E-state index is -0.513. The SMILES string of the molecule is Cc1ccc(C(=O)N(CCOCCOCC(=O)N2CCO[C@H](COc3cc(C)c(Br)cc3NC(=O)Nc3cnc(C)cn3)C2)CC(C)(C)C2Nc3ccc([N+](=O)[O-])cc3C3CCCC32)cc1. The second-order valence-corrected chi connectivity index (χ2v) is 18.8. The van der Waals surface area contributed by atoms with Crippen LogP contribution in [0.5, 0.6) is 5.75 Å². The van der Waals surface area contributed by atoms with Crippen LogP contribution >= 0.6 is 15.9 Å². The summed E-state index contributed by atoms with van der Waals surface area (Å²) in [5.41, 5.74) is 5.41. The molecule has 3 N–H and O–H groups in total. The Bertz CT molecular complexity index is 2370. The maximum atomic E-state index is 14.1. The second kappa shape index (κ2) is 21.7. The Hall–Kier alpha value is -5.69. The molecule has 1 aliphatic carbocycles. The topological polar surface area (TPSA) is 200 Å². The Morgan fingerprint density at radius 1 is 1.00 bits per heavy atom. The highest BCUT2D eigenvalue weighted by Crippen LogP contribution is 2.52. The first-order chi connectivity index (χ1) is 31.6. The third-order valence-electron chi connectivity index (χ3n) is 12.5. The number of hydrogen-bond acceptors (Lipinski definition) is 12. The van der Waals surface area contributed by atoms with E-state index in [0.717, 1.165) is 51.8 Å². The average molecular weight is 972 g/mol. The molecule has 0 bridgehead atoms. The van der Waals surface area contributed by atoms with Gasteiger partial charge in [-0.25, -0.2) is 9.78 Å². The maximum Gasteiger partial charge on any atom is 0.325 e. The molecule has 4 atom stereocenters. The van der Waals surface area contributed by atoms with E-state index in [0.29, 0.717) is 55.6 Å². The van der Waals surface area contributed by atoms with Crippen LogP contribution in [0.3, 0.4) is 0 Å². The summed E-state index contributed by atoms with van der Waals surface area (Å²) >= 11 is 3.52.